The van der Waals surface area contributed by atoms with Crippen molar-refractivity contribution in [3.05, 3.63) is 150 Å². The van der Waals surface area contributed by atoms with E-state index >= 15 is 0 Å². The fourth-order valence-corrected chi connectivity index (χ4v) is 7.89. The molecule has 6 atom stereocenters. The van der Waals surface area contributed by atoms with Gasteiger partial charge in [-0.25, -0.2) is 0 Å². The highest BCUT2D eigenvalue weighted by atomic mass is 32.2. The molecule has 254 valence electrons. The Morgan fingerprint density at radius 3 is 1.79 bits per heavy atom. The van der Waals surface area contributed by atoms with Crippen LogP contribution in [0.1, 0.15) is 42.5 Å². The summed E-state index contributed by atoms with van der Waals surface area (Å²) in [4.78, 5) is 1.15. The molecule has 48 heavy (non-hydrogen) atoms. The number of ether oxygens (including phenoxy) is 5. The van der Waals surface area contributed by atoms with Gasteiger partial charge in [0.05, 0.1) is 43.9 Å². The second-order valence-electron chi connectivity index (χ2n) is 13.1. The van der Waals surface area contributed by atoms with E-state index in [0.717, 1.165) is 21.6 Å². The van der Waals surface area contributed by atoms with Crippen LogP contribution in [0, 0.1) is 12.3 Å². The van der Waals surface area contributed by atoms with Crippen LogP contribution in [0.5, 0.6) is 0 Å². The zero-order valence-corrected chi connectivity index (χ0v) is 29.5. The highest BCUT2D eigenvalue weighted by Gasteiger charge is 2.54. The topological polar surface area (TPSA) is 46.2 Å². The molecule has 6 heteroatoms. The number of rotatable bonds is 17. The zero-order valence-electron chi connectivity index (χ0n) is 28.7. The van der Waals surface area contributed by atoms with E-state index in [4.69, 9.17) is 23.7 Å². The summed E-state index contributed by atoms with van der Waals surface area (Å²) >= 11 is 1.79. The lowest BCUT2D eigenvalue weighted by atomic mass is 9.74. The van der Waals surface area contributed by atoms with Gasteiger partial charge in [-0.3, -0.25) is 0 Å². The smallest absolute Gasteiger partial charge is 0.114 e. The maximum Gasteiger partial charge on any atom is 0.114 e. The van der Waals surface area contributed by atoms with Gasteiger partial charge in [-0.15, -0.1) is 18.3 Å². The fraction of sp³-hybridized carbons (Fsp3) is 0.381. The van der Waals surface area contributed by atoms with Crippen LogP contribution in [-0.2, 0) is 43.5 Å². The molecule has 0 saturated carbocycles. The summed E-state index contributed by atoms with van der Waals surface area (Å²) in [5, 5.41) is -0.125. The van der Waals surface area contributed by atoms with Crippen molar-refractivity contribution in [3.63, 3.8) is 0 Å². The Bertz CT molecular complexity index is 1500. The Kier molecular flexibility index (Phi) is 13.5. The molecule has 1 saturated heterocycles. The molecule has 4 aromatic carbocycles. The number of aryl methyl sites for hydroxylation is 1. The predicted octanol–water partition coefficient (Wildman–Crippen LogP) is 9.23. The molecule has 1 aliphatic rings. The standard InChI is InChI=1S/C42H50O5S/c1-6-16-37(43-5)42(3,4)41-40(48-35-25-23-31(2)24-26-35)39(46-29-34-21-14-9-15-22-34)38(45-28-33-19-12-8-13-20-33)36(47-41)30-44-27-32-17-10-7-11-18-32/h6-15,17-26,36-41H,1,16,27-30H2,2-5H3/t36-,37+,38-,39+,40-,41-/m1/s1. The zero-order chi connectivity index (χ0) is 33.8. The molecular weight excluding hydrogens is 617 g/mol. The van der Waals surface area contributed by atoms with Crippen LogP contribution in [0.15, 0.2) is 133 Å². The Morgan fingerprint density at radius 2 is 1.27 bits per heavy atom. The summed E-state index contributed by atoms with van der Waals surface area (Å²) in [7, 11) is 1.77. The predicted molar refractivity (Wildman–Crippen MR) is 195 cm³/mol. The summed E-state index contributed by atoms with van der Waals surface area (Å²) < 4.78 is 33.7. The van der Waals surface area contributed by atoms with E-state index in [-0.39, 0.29) is 23.6 Å². The van der Waals surface area contributed by atoms with Gasteiger partial charge in [-0.1, -0.05) is 129 Å². The van der Waals surface area contributed by atoms with Gasteiger partial charge in [-0.05, 0) is 42.2 Å². The largest absolute Gasteiger partial charge is 0.380 e. The van der Waals surface area contributed by atoms with Crippen molar-refractivity contribution >= 4 is 11.8 Å². The minimum Gasteiger partial charge on any atom is -0.380 e. The molecule has 1 heterocycles. The van der Waals surface area contributed by atoms with Crippen LogP contribution in [0.3, 0.4) is 0 Å². The van der Waals surface area contributed by atoms with Gasteiger partial charge in [0.1, 0.15) is 18.3 Å². The Balaban J connectivity index is 1.54. The molecule has 0 unspecified atom stereocenters. The van der Waals surface area contributed by atoms with Gasteiger partial charge in [0.2, 0.25) is 0 Å². The van der Waals surface area contributed by atoms with Gasteiger partial charge in [0.25, 0.3) is 0 Å². The summed E-state index contributed by atoms with van der Waals surface area (Å²) in [5.41, 5.74) is 4.12. The first kappa shape index (κ1) is 36.1. The second kappa shape index (κ2) is 18.0. The summed E-state index contributed by atoms with van der Waals surface area (Å²) in [6.07, 6.45) is 1.11. The first-order valence-electron chi connectivity index (χ1n) is 16.8. The molecule has 0 N–H and O–H groups in total. The first-order valence-corrected chi connectivity index (χ1v) is 17.7. The van der Waals surface area contributed by atoms with E-state index in [2.05, 4.69) is 100 Å². The minimum atomic E-state index is -0.415. The van der Waals surface area contributed by atoms with Gasteiger partial charge in [0, 0.05) is 17.4 Å². The molecule has 5 nitrogen and oxygen atoms in total. The highest BCUT2D eigenvalue weighted by Crippen LogP contribution is 2.46. The van der Waals surface area contributed by atoms with Gasteiger partial charge < -0.3 is 23.7 Å². The molecule has 0 amide bonds. The average molecular weight is 667 g/mol. The summed E-state index contributed by atoms with van der Waals surface area (Å²) in [6.45, 7) is 12.3. The first-order chi connectivity index (χ1) is 23.4. The molecule has 4 aromatic rings. The van der Waals surface area contributed by atoms with Crippen LogP contribution in [0.2, 0.25) is 0 Å². The van der Waals surface area contributed by atoms with Crippen molar-refractivity contribution in [2.45, 2.75) is 87.7 Å². The molecule has 0 spiro atoms. The molecule has 0 bridgehead atoms. The molecule has 0 aliphatic carbocycles. The number of benzene rings is 4. The third-order valence-corrected chi connectivity index (χ3v) is 10.5. The van der Waals surface area contributed by atoms with Crippen LogP contribution in [0.25, 0.3) is 0 Å². The molecular formula is C42H50O5S. The van der Waals surface area contributed by atoms with Gasteiger partial charge in [0.15, 0.2) is 0 Å². The maximum atomic E-state index is 7.25. The average Bonchev–Trinajstić information content (AvgIpc) is 3.11. The maximum absolute atomic E-state index is 7.25. The third-order valence-electron chi connectivity index (χ3n) is 9.12. The molecule has 1 fully saturated rings. The number of methoxy groups -OCH3 is 1. The summed E-state index contributed by atoms with van der Waals surface area (Å²) in [5.74, 6) is 0. The van der Waals surface area contributed by atoms with Crippen molar-refractivity contribution in [1.82, 2.24) is 0 Å². The van der Waals surface area contributed by atoms with E-state index in [1.165, 1.54) is 5.56 Å². The number of thioether (sulfide) groups is 1. The molecule has 5 rings (SSSR count). The fourth-order valence-electron chi connectivity index (χ4n) is 6.38. The second-order valence-corrected chi connectivity index (χ2v) is 14.3. The number of hydrogen-bond acceptors (Lipinski definition) is 6. The van der Waals surface area contributed by atoms with E-state index in [1.54, 1.807) is 18.9 Å². The normalized spacial score (nSPS) is 21.9. The quantitative estimate of drug-likeness (QED) is 0.105. The van der Waals surface area contributed by atoms with E-state index in [0.29, 0.717) is 32.8 Å². The van der Waals surface area contributed by atoms with Crippen molar-refractivity contribution in [2.24, 2.45) is 5.41 Å². The summed E-state index contributed by atoms with van der Waals surface area (Å²) in [6, 6.07) is 39.6. The third kappa shape index (κ3) is 9.69. The van der Waals surface area contributed by atoms with Crippen LogP contribution >= 0.6 is 11.8 Å². The molecule has 1 aliphatic heterocycles. The van der Waals surface area contributed by atoms with Crippen molar-refractivity contribution in [1.29, 1.82) is 0 Å². The van der Waals surface area contributed by atoms with Crippen molar-refractivity contribution in [3.8, 4) is 0 Å². The lowest BCUT2D eigenvalue weighted by Crippen LogP contribution is -2.64. The van der Waals surface area contributed by atoms with E-state index in [9.17, 15) is 0 Å². The monoisotopic (exact) mass is 666 g/mol. The Hall–Kier alpha value is -3.23. The highest BCUT2D eigenvalue weighted by molar-refractivity contribution is 8.00. The minimum absolute atomic E-state index is 0.122. The van der Waals surface area contributed by atoms with Crippen LogP contribution in [0.4, 0.5) is 0 Å². The van der Waals surface area contributed by atoms with Crippen molar-refractivity contribution < 1.29 is 23.7 Å². The molecule has 0 radical (unpaired) electrons. The number of hydrogen-bond donors (Lipinski definition) is 0. The lowest BCUT2D eigenvalue weighted by Gasteiger charge is -2.52. The van der Waals surface area contributed by atoms with E-state index in [1.807, 2.05) is 48.5 Å². The SMILES string of the molecule is C=CC[C@H](OC)C(C)(C)[C@@H]1O[C@H](COCc2ccccc2)[C@@H](OCc2ccccc2)[C@H](OCc2ccccc2)[C@H]1Sc1ccc(C)cc1. The Labute approximate surface area is 291 Å². The van der Waals surface area contributed by atoms with Gasteiger partial charge in [-0.2, -0.15) is 0 Å². The Morgan fingerprint density at radius 1 is 0.750 bits per heavy atom. The van der Waals surface area contributed by atoms with Crippen LogP contribution < -0.4 is 0 Å². The van der Waals surface area contributed by atoms with Crippen LogP contribution in [-0.4, -0.2) is 49.5 Å². The van der Waals surface area contributed by atoms with Crippen molar-refractivity contribution in [2.75, 3.05) is 13.7 Å². The lowest BCUT2D eigenvalue weighted by molar-refractivity contribution is -0.243. The van der Waals surface area contributed by atoms with Gasteiger partial charge >= 0.3 is 0 Å². The molecule has 0 aromatic heterocycles. The van der Waals surface area contributed by atoms with E-state index < -0.39 is 17.6 Å².